The minimum Gasteiger partial charge on any atom is -0.207 e. The van der Waals surface area contributed by atoms with Crippen molar-refractivity contribution in [2.45, 2.75) is 20.3 Å². The monoisotopic (exact) mass is 190 g/mol. The molecule has 0 saturated carbocycles. The minimum atomic E-state index is -0.192. The summed E-state index contributed by atoms with van der Waals surface area (Å²) in [6.07, 6.45) is 7.22. The molecule has 0 heterocycles. The van der Waals surface area contributed by atoms with Crippen molar-refractivity contribution in [1.82, 2.24) is 0 Å². The van der Waals surface area contributed by atoms with Gasteiger partial charge in [-0.15, -0.1) is 0 Å². The van der Waals surface area contributed by atoms with E-state index in [2.05, 4.69) is 19.9 Å². The van der Waals surface area contributed by atoms with Gasteiger partial charge in [-0.25, -0.2) is 4.39 Å². The molecule has 0 N–H and O–H groups in total. The number of hydrogen-bond donors (Lipinski definition) is 0. The van der Waals surface area contributed by atoms with Crippen LogP contribution in [0.25, 0.3) is 6.08 Å². The summed E-state index contributed by atoms with van der Waals surface area (Å²) < 4.78 is 12.6. The highest BCUT2D eigenvalue weighted by Crippen LogP contribution is 2.07. The maximum Gasteiger partial charge on any atom is 0.123 e. The zero-order valence-corrected chi connectivity index (χ0v) is 8.63. The Morgan fingerprint density at radius 2 is 1.93 bits per heavy atom. The number of hydrogen-bond acceptors (Lipinski definition) is 0. The number of halogens is 1. The average molecular weight is 190 g/mol. The quantitative estimate of drug-likeness (QED) is 0.627. The summed E-state index contributed by atoms with van der Waals surface area (Å²) in [5.41, 5.74) is 2.26. The van der Waals surface area contributed by atoms with Crippen molar-refractivity contribution >= 4 is 6.08 Å². The molecule has 0 spiro atoms. The second-order valence-electron chi connectivity index (χ2n) is 3.24. The fraction of sp³-hybridized carbons (Fsp3) is 0.231. The van der Waals surface area contributed by atoms with Crippen LogP contribution in [0.5, 0.6) is 0 Å². The van der Waals surface area contributed by atoms with Gasteiger partial charge in [0.2, 0.25) is 0 Å². The predicted molar refractivity (Wildman–Crippen MR) is 59.5 cm³/mol. The molecule has 0 nitrogen and oxygen atoms in total. The van der Waals surface area contributed by atoms with Crippen LogP contribution < -0.4 is 0 Å². The highest BCUT2D eigenvalue weighted by molar-refractivity contribution is 5.52. The molecule has 0 atom stereocenters. The van der Waals surface area contributed by atoms with E-state index in [1.54, 1.807) is 12.1 Å². The van der Waals surface area contributed by atoms with Crippen LogP contribution in [0.3, 0.4) is 0 Å². The Bertz CT molecular complexity index is 331. The Morgan fingerprint density at radius 3 is 2.50 bits per heavy atom. The molecule has 1 heteroatoms. The third-order valence-electron chi connectivity index (χ3n) is 1.93. The van der Waals surface area contributed by atoms with Crippen LogP contribution in [-0.2, 0) is 0 Å². The fourth-order valence-corrected chi connectivity index (χ4v) is 1.19. The van der Waals surface area contributed by atoms with E-state index in [1.807, 2.05) is 12.2 Å². The smallest absolute Gasteiger partial charge is 0.123 e. The van der Waals surface area contributed by atoms with Crippen molar-refractivity contribution in [3.05, 3.63) is 53.4 Å². The highest BCUT2D eigenvalue weighted by Gasteiger charge is 1.88. The zero-order chi connectivity index (χ0) is 10.4. The molecule has 0 bridgehead atoms. The van der Waals surface area contributed by atoms with E-state index >= 15 is 0 Å². The first-order valence-electron chi connectivity index (χ1n) is 4.83. The lowest BCUT2D eigenvalue weighted by Gasteiger charge is -1.93. The molecular formula is C13H15F. The molecule has 1 rings (SSSR count). The molecule has 0 fully saturated rings. The predicted octanol–water partition coefficient (Wildman–Crippen LogP) is 4.20. The van der Waals surface area contributed by atoms with Crippen LogP contribution in [-0.4, -0.2) is 0 Å². The van der Waals surface area contributed by atoms with Crippen molar-refractivity contribution < 1.29 is 4.39 Å². The Kier molecular flexibility index (Phi) is 4.11. The fourth-order valence-electron chi connectivity index (χ4n) is 1.19. The number of rotatable bonds is 3. The third-order valence-corrected chi connectivity index (χ3v) is 1.93. The van der Waals surface area contributed by atoms with E-state index in [-0.39, 0.29) is 5.82 Å². The van der Waals surface area contributed by atoms with Crippen LogP contribution in [0.4, 0.5) is 4.39 Å². The van der Waals surface area contributed by atoms with Crippen LogP contribution >= 0.6 is 0 Å². The molecule has 0 unspecified atom stereocenters. The highest BCUT2D eigenvalue weighted by atomic mass is 19.1. The van der Waals surface area contributed by atoms with E-state index < -0.39 is 0 Å². The van der Waals surface area contributed by atoms with E-state index in [0.717, 1.165) is 12.0 Å². The number of allylic oxidation sites excluding steroid dienone is 3. The van der Waals surface area contributed by atoms with Gasteiger partial charge in [-0.05, 0) is 31.0 Å². The molecule has 0 aromatic heterocycles. The molecule has 1 aromatic carbocycles. The van der Waals surface area contributed by atoms with Gasteiger partial charge in [0.15, 0.2) is 0 Å². The lowest BCUT2D eigenvalue weighted by Crippen LogP contribution is -1.74. The van der Waals surface area contributed by atoms with Gasteiger partial charge >= 0.3 is 0 Å². The minimum absolute atomic E-state index is 0.192. The maximum atomic E-state index is 12.6. The maximum absolute atomic E-state index is 12.6. The zero-order valence-electron chi connectivity index (χ0n) is 8.63. The van der Waals surface area contributed by atoms with Crippen molar-refractivity contribution in [3.63, 3.8) is 0 Å². The first kappa shape index (κ1) is 10.7. The van der Waals surface area contributed by atoms with Crippen LogP contribution in [0.1, 0.15) is 25.8 Å². The standard InChI is InChI=1S/C13H15F/c1-3-4-11(2)5-6-12-7-9-13(14)10-8-12/h4-10H,3H2,1-2H3/b6-5+,11-4-. The lowest BCUT2D eigenvalue weighted by molar-refractivity contribution is 0.628. The Hall–Kier alpha value is -1.37. The molecule has 1 aromatic rings. The van der Waals surface area contributed by atoms with Gasteiger partial charge in [0.1, 0.15) is 5.82 Å². The Labute approximate surface area is 84.8 Å². The first-order valence-corrected chi connectivity index (χ1v) is 4.83. The molecule has 0 amide bonds. The van der Waals surface area contributed by atoms with E-state index in [9.17, 15) is 4.39 Å². The second-order valence-corrected chi connectivity index (χ2v) is 3.24. The topological polar surface area (TPSA) is 0 Å². The summed E-state index contributed by atoms with van der Waals surface area (Å²) in [6.45, 7) is 4.17. The number of benzene rings is 1. The summed E-state index contributed by atoms with van der Waals surface area (Å²) in [7, 11) is 0. The van der Waals surface area contributed by atoms with Gasteiger partial charge in [-0.2, -0.15) is 0 Å². The second kappa shape index (κ2) is 5.38. The van der Waals surface area contributed by atoms with Crippen molar-refractivity contribution in [2.24, 2.45) is 0 Å². The molecule has 0 aliphatic rings. The summed E-state index contributed by atoms with van der Waals surface area (Å²) in [6, 6.07) is 6.48. The Balaban J connectivity index is 2.69. The largest absolute Gasteiger partial charge is 0.207 e. The molecule has 0 aliphatic carbocycles. The Morgan fingerprint density at radius 1 is 1.29 bits per heavy atom. The van der Waals surface area contributed by atoms with Crippen LogP contribution in [0.2, 0.25) is 0 Å². The van der Waals surface area contributed by atoms with E-state index in [4.69, 9.17) is 0 Å². The first-order chi connectivity index (χ1) is 6.72. The van der Waals surface area contributed by atoms with Gasteiger partial charge in [-0.1, -0.05) is 42.9 Å². The van der Waals surface area contributed by atoms with Crippen molar-refractivity contribution in [1.29, 1.82) is 0 Å². The molecule has 74 valence electrons. The summed E-state index contributed by atoms with van der Waals surface area (Å²) >= 11 is 0. The SMILES string of the molecule is CC/C=C(C)\C=C\c1ccc(F)cc1. The lowest BCUT2D eigenvalue weighted by atomic mass is 10.1. The summed E-state index contributed by atoms with van der Waals surface area (Å²) in [4.78, 5) is 0. The van der Waals surface area contributed by atoms with Gasteiger partial charge in [0.25, 0.3) is 0 Å². The van der Waals surface area contributed by atoms with Gasteiger partial charge < -0.3 is 0 Å². The van der Waals surface area contributed by atoms with Crippen LogP contribution in [0, 0.1) is 5.82 Å². The third kappa shape index (κ3) is 3.56. The van der Waals surface area contributed by atoms with Crippen molar-refractivity contribution in [2.75, 3.05) is 0 Å². The molecule has 0 radical (unpaired) electrons. The van der Waals surface area contributed by atoms with E-state index in [0.29, 0.717) is 0 Å². The average Bonchev–Trinajstić information content (AvgIpc) is 2.17. The van der Waals surface area contributed by atoms with Gasteiger partial charge in [0.05, 0.1) is 0 Å². The van der Waals surface area contributed by atoms with Gasteiger partial charge in [0, 0.05) is 0 Å². The molecule has 14 heavy (non-hydrogen) atoms. The van der Waals surface area contributed by atoms with Gasteiger partial charge in [-0.3, -0.25) is 0 Å². The molecular weight excluding hydrogens is 175 g/mol. The van der Waals surface area contributed by atoms with E-state index in [1.165, 1.54) is 17.7 Å². The summed E-state index contributed by atoms with van der Waals surface area (Å²) in [5.74, 6) is -0.192. The van der Waals surface area contributed by atoms with Crippen molar-refractivity contribution in [3.8, 4) is 0 Å². The normalized spacial score (nSPS) is 12.4. The molecule has 0 aliphatic heterocycles. The molecule has 0 saturated heterocycles. The van der Waals surface area contributed by atoms with Crippen LogP contribution in [0.15, 0.2) is 42.0 Å². The summed E-state index contributed by atoms with van der Waals surface area (Å²) in [5, 5.41) is 0.